The summed E-state index contributed by atoms with van der Waals surface area (Å²) in [6, 6.07) is 10.6. The maximum Gasteiger partial charge on any atom is 0.524 e. The second-order valence-corrected chi connectivity index (χ2v) is 9.18. The number of benzene rings is 2. The van der Waals surface area contributed by atoms with Crippen LogP contribution in [-0.2, 0) is 11.2 Å². The van der Waals surface area contributed by atoms with Gasteiger partial charge < -0.3 is 14.7 Å². The molecule has 1 aliphatic carbocycles. The lowest BCUT2D eigenvalue weighted by Gasteiger charge is -2.41. The quantitative estimate of drug-likeness (QED) is 0.260. The van der Waals surface area contributed by atoms with E-state index in [1.54, 1.807) is 18.2 Å². The average Bonchev–Trinajstić information content (AvgIpc) is 2.82. The van der Waals surface area contributed by atoms with Crippen molar-refractivity contribution in [3.05, 3.63) is 53.1 Å². The van der Waals surface area contributed by atoms with Crippen molar-refractivity contribution >= 4 is 17.3 Å². The Labute approximate surface area is 210 Å². The standard InChI is InChI=1S/C25H28ClF6NO3/c1-2-16-13-20(11-12-21(16)26)35-19-10-6-9-18(14-19)33(15-22(34)24(27,28)29)23(36-25(30,31)32)17-7-4-3-5-8-17/h6,9-14,17,22-23,34H,2-5,7-8,15H2,1H3. The van der Waals surface area contributed by atoms with E-state index in [0.29, 0.717) is 42.9 Å². The van der Waals surface area contributed by atoms with Crippen LogP contribution in [0.3, 0.4) is 0 Å². The third kappa shape index (κ3) is 7.91. The lowest BCUT2D eigenvalue weighted by Crippen LogP contribution is -2.51. The second kappa shape index (κ2) is 11.9. The zero-order chi connectivity index (χ0) is 26.5. The maximum absolute atomic E-state index is 13.4. The number of aliphatic hydroxyl groups excluding tert-OH is 1. The van der Waals surface area contributed by atoms with E-state index in [2.05, 4.69) is 4.74 Å². The highest BCUT2D eigenvalue weighted by atomic mass is 35.5. The summed E-state index contributed by atoms with van der Waals surface area (Å²) >= 11 is 6.13. The molecule has 36 heavy (non-hydrogen) atoms. The fourth-order valence-electron chi connectivity index (χ4n) is 4.36. The van der Waals surface area contributed by atoms with E-state index < -0.39 is 37.3 Å². The smallest absolute Gasteiger partial charge is 0.457 e. The minimum Gasteiger partial charge on any atom is -0.457 e. The summed E-state index contributed by atoms with van der Waals surface area (Å²) in [7, 11) is 0. The second-order valence-electron chi connectivity index (χ2n) is 8.77. The molecule has 0 bridgehead atoms. The van der Waals surface area contributed by atoms with E-state index in [-0.39, 0.29) is 11.4 Å². The van der Waals surface area contributed by atoms with E-state index in [9.17, 15) is 31.4 Å². The molecule has 0 heterocycles. The SMILES string of the molecule is CCc1cc(Oc2cccc(N(CC(O)C(F)(F)F)C(OC(F)(F)F)C3CCCCC3)c2)ccc1Cl. The first-order valence-electron chi connectivity index (χ1n) is 11.7. The summed E-state index contributed by atoms with van der Waals surface area (Å²) in [6.07, 6.45) is -11.3. The summed E-state index contributed by atoms with van der Waals surface area (Å²) in [5.74, 6) is -0.0721. The monoisotopic (exact) mass is 539 g/mol. The first-order chi connectivity index (χ1) is 16.9. The molecule has 3 rings (SSSR count). The van der Waals surface area contributed by atoms with Gasteiger partial charge in [-0.2, -0.15) is 13.2 Å². The van der Waals surface area contributed by atoms with Crippen LogP contribution in [0.4, 0.5) is 32.0 Å². The lowest BCUT2D eigenvalue weighted by molar-refractivity contribution is -0.349. The molecule has 0 radical (unpaired) electrons. The van der Waals surface area contributed by atoms with Gasteiger partial charge in [-0.25, -0.2) is 0 Å². The minimum atomic E-state index is -5.09. The van der Waals surface area contributed by atoms with Gasteiger partial charge in [0.15, 0.2) is 6.10 Å². The van der Waals surface area contributed by atoms with Crippen LogP contribution in [0.2, 0.25) is 5.02 Å². The molecule has 4 nitrogen and oxygen atoms in total. The molecule has 1 saturated carbocycles. The van der Waals surface area contributed by atoms with E-state index in [0.717, 1.165) is 16.9 Å². The van der Waals surface area contributed by atoms with Crippen molar-refractivity contribution in [2.75, 3.05) is 11.4 Å². The van der Waals surface area contributed by atoms with Crippen LogP contribution in [0.5, 0.6) is 11.5 Å². The van der Waals surface area contributed by atoms with Gasteiger partial charge in [-0.3, -0.25) is 4.74 Å². The van der Waals surface area contributed by atoms with Crippen molar-refractivity contribution in [1.82, 2.24) is 0 Å². The summed E-state index contributed by atoms with van der Waals surface area (Å²) in [4.78, 5) is 0.841. The van der Waals surface area contributed by atoms with Crippen LogP contribution in [0.1, 0.15) is 44.6 Å². The molecule has 0 saturated heterocycles. The number of halogens is 7. The molecule has 11 heteroatoms. The fraction of sp³-hybridized carbons (Fsp3) is 0.520. The molecule has 2 atom stereocenters. The highest BCUT2D eigenvalue weighted by molar-refractivity contribution is 6.31. The Hall–Kier alpha value is -2.17. The predicted octanol–water partition coefficient (Wildman–Crippen LogP) is 7.87. The average molecular weight is 540 g/mol. The molecule has 0 aliphatic heterocycles. The lowest BCUT2D eigenvalue weighted by atomic mass is 9.87. The number of aryl methyl sites for hydroxylation is 1. The number of nitrogens with zero attached hydrogens (tertiary/aromatic N) is 1. The van der Waals surface area contributed by atoms with Crippen LogP contribution in [0.25, 0.3) is 0 Å². The van der Waals surface area contributed by atoms with E-state index >= 15 is 0 Å². The number of hydrogen-bond donors (Lipinski definition) is 1. The van der Waals surface area contributed by atoms with Crippen LogP contribution in [0, 0.1) is 5.92 Å². The molecule has 1 aliphatic rings. The number of rotatable bonds is 9. The molecule has 2 aromatic rings. The summed E-state index contributed by atoms with van der Waals surface area (Å²) in [6.45, 7) is 0.770. The van der Waals surface area contributed by atoms with Gasteiger partial charge in [0.25, 0.3) is 0 Å². The molecule has 1 fully saturated rings. The van der Waals surface area contributed by atoms with Crippen LogP contribution in [0.15, 0.2) is 42.5 Å². The zero-order valence-corrected chi connectivity index (χ0v) is 20.3. The Kier molecular flexibility index (Phi) is 9.40. The molecule has 1 N–H and O–H groups in total. The molecule has 0 aromatic heterocycles. The van der Waals surface area contributed by atoms with Gasteiger partial charge in [-0.15, -0.1) is 13.2 Å². The molecular weight excluding hydrogens is 512 g/mol. The number of hydrogen-bond acceptors (Lipinski definition) is 4. The summed E-state index contributed by atoms with van der Waals surface area (Å²) in [5.41, 5.74) is 0.816. The number of anilines is 1. The number of alkyl halides is 6. The predicted molar refractivity (Wildman–Crippen MR) is 124 cm³/mol. The van der Waals surface area contributed by atoms with Gasteiger partial charge in [-0.05, 0) is 55.2 Å². The highest BCUT2D eigenvalue weighted by Crippen LogP contribution is 2.38. The Morgan fingerprint density at radius 1 is 1.00 bits per heavy atom. The normalized spacial score (nSPS) is 17.0. The van der Waals surface area contributed by atoms with Gasteiger partial charge in [-0.1, -0.05) is 43.9 Å². The maximum atomic E-state index is 13.4. The third-order valence-electron chi connectivity index (χ3n) is 6.15. The van der Waals surface area contributed by atoms with Crippen molar-refractivity contribution in [3.8, 4) is 11.5 Å². The van der Waals surface area contributed by atoms with Crippen molar-refractivity contribution < 1.29 is 40.9 Å². The molecule has 2 unspecified atom stereocenters. The fourth-order valence-corrected chi connectivity index (χ4v) is 4.62. The van der Waals surface area contributed by atoms with Gasteiger partial charge in [0.05, 0.1) is 6.54 Å². The van der Waals surface area contributed by atoms with Gasteiger partial charge in [0.2, 0.25) is 0 Å². The molecular formula is C25H28ClF6NO3. The first-order valence-corrected chi connectivity index (χ1v) is 12.1. The molecule has 0 spiro atoms. The Morgan fingerprint density at radius 3 is 2.28 bits per heavy atom. The van der Waals surface area contributed by atoms with Crippen molar-refractivity contribution in [1.29, 1.82) is 0 Å². The topological polar surface area (TPSA) is 41.9 Å². The van der Waals surface area contributed by atoms with Gasteiger partial charge in [0, 0.05) is 22.7 Å². The largest absolute Gasteiger partial charge is 0.524 e. The van der Waals surface area contributed by atoms with Gasteiger partial charge in [0.1, 0.15) is 17.7 Å². The summed E-state index contributed by atoms with van der Waals surface area (Å²) in [5, 5.41) is 10.4. The highest BCUT2D eigenvalue weighted by Gasteiger charge is 2.45. The molecule has 200 valence electrons. The van der Waals surface area contributed by atoms with Crippen molar-refractivity contribution in [2.45, 2.75) is 70.3 Å². The van der Waals surface area contributed by atoms with Gasteiger partial charge >= 0.3 is 12.5 Å². The van der Waals surface area contributed by atoms with E-state index in [4.69, 9.17) is 16.3 Å². The molecule has 0 amide bonds. The molecule has 2 aromatic carbocycles. The van der Waals surface area contributed by atoms with Crippen LogP contribution >= 0.6 is 11.6 Å². The Bertz CT molecular complexity index is 994. The van der Waals surface area contributed by atoms with Crippen molar-refractivity contribution in [3.63, 3.8) is 0 Å². The Balaban J connectivity index is 1.98. The van der Waals surface area contributed by atoms with Crippen LogP contribution < -0.4 is 9.64 Å². The van der Waals surface area contributed by atoms with E-state index in [1.807, 2.05) is 6.92 Å². The van der Waals surface area contributed by atoms with Crippen LogP contribution in [-0.4, -0.2) is 36.5 Å². The van der Waals surface area contributed by atoms with E-state index in [1.165, 1.54) is 24.3 Å². The Morgan fingerprint density at radius 2 is 1.67 bits per heavy atom. The third-order valence-corrected chi connectivity index (χ3v) is 6.51. The minimum absolute atomic E-state index is 0.000280. The number of aliphatic hydroxyl groups is 1. The number of ether oxygens (including phenoxy) is 2. The summed E-state index contributed by atoms with van der Waals surface area (Å²) < 4.78 is 90.3. The first kappa shape index (κ1) is 28.4. The van der Waals surface area contributed by atoms with Crippen molar-refractivity contribution in [2.24, 2.45) is 5.92 Å². The zero-order valence-electron chi connectivity index (χ0n) is 19.6.